The number of nitriles is 1. The predicted octanol–water partition coefficient (Wildman–Crippen LogP) is 3.17. The van der Waals surface area contributed by atoms with E-state index in [2.05, 4.69) is 20.1 Å². The fourth-order valence-corrected chi connectivity index (χ4v) is 4.02. The van der Waals surface area contributed by atoms with Crippen LogP contribution in [0.3, 0.4) is 0 Å². The molecule has 34 heavy (non-hydrogen) atoms. The highest BCUT2D eigenvalue weighted by atomic mass is 19.4. The fraction of sp³-hybridized carbons (Fsp3) is 0.304. The minimum Gasteiger partial charge on any atom is -0.366 e. The molecule has 1 saturated heterocycles. The summed E-state index contributed by atoms with van der Waals surface area (Å²) in [6.45, 7) is 3.37. The lowest BCUT2D eigenvalue weighted by Crippen LogP contribution is -2.31. The van der Waals surface area contributed by atoms with Gasteiger partial charge in [0.25, 0.3) is 0 Å². The zero-order valence-electron chi connectivity index (χ0n) is 18.1. The van der Waals surface area contributed by atoms with Crippen LogP contribution in [0.5, 0.6) is 0 Å². The minimum absolute atomic E-state index is 0.148. The van der Waals surface area contributed by atoms with Gasteiger partial charge in [0.15, 0.2) is 0 Å². The average Bonchev–Trinajstić information content (AvgIpc) is 3.15. The molecule has 3 heterocycles. The van der Waals surface area contributed by atoms with Crippen LogP contribution in [0.4, 0.5) is 19.0 Å². The third-order valence-corrected chi connectivity index (χ3v) is 5.79. The molecule has 1 amide bonds. The van der Waals surface area contributed by atoms with Gasteiger partial charge in [-0.2, -0.15) is 23.5 Å². The van der Waals surface area contributed by atoms with Crippen molar-refractivity contribution in [3.63, 3.8) is 0 Å². The highest BCUT2D eigenvalue weighted by Crippen LogP contribution is 2.30. The summed E-state index contributed by atoms with van der Waals surface area (Å²) in [5, 5.41) is 16.3. The molecular weight excluding hydrogens is 447 g/mol. The summed E-state index contributed by atoms with van der Waals surface area (Å²) >= 11 is 0. The number of halogens is 3. The van der Waals surface area contributed by atoms with E-state index >= 15 is 0 Å². The number of nitrogens with two attached hydrogens (primary N) is 1. The van der Waals surface area contributed by atoms with Crippen LogP contribution in [-0.4, -0.2) is 52.2 Å². The Balaban J connectivity index is 1.46. The lowest BCUT2D eigenvalue weighted by Gasteiger charge is -2.23. The number of hydrogen-bond donors (Lipinski definition) is 2. The van der Waals surface area contributed by atoms with E-state index in [4.69, 9.17) is 5.73 Å². The number of alkyl halides is 3. The number of carbonyl (C=O) groups is 1. The van der Waals surface area contributed by atoms with Crippen molar-refractivity contribution in [2.75, 3.05) is 31.1 Å². The number of aromatic amines is 1. The van der Waals surface area contributed by atoms with Crippen LogP contribution in [0.25, 0.3) is 11.3 Å². The van der Waals surface area contributed by atoms with E-state index in [0.717, 1.165) is 36.5 Å². The number of H-pyrrole nitrogens is 1. The molecule has 0 atom stereocenters. The van der Waals surface area contributed by atoms with Gasteiger partial charge < -0.3 is 10.6 Å². The first-order chi connectivity index (χ1) is 16.3. The molecule has 1 aliphatic heterocycles. The van der Waals surface area contributed by atoms with Crippen LogP contribution in [-0.2, 0) is 12.7 Å². The lowest BCUT2D eigenvalue weighted by atomic mass is 10.0. The van der Waals surface area contributed by atoms with Gasteiger partial charge in [-0.1, -0.05) is 6.07 Å². The van der Waals surface area contributed by atoms with Crippen molar-refractivity contribution in [2.24, 2.45) is 5.73 Å². The average molecular weight is 469 g/mol. The van der Waals surface area contributed by atoms with Crippen molar-refractivity contribution in [1.82, 2.24) is 20.1 Å². The Bertz CT molecular complexity index is 1210. The van der Waals surface area contributed by atoms with Gasteiger partial charge in [0.05, 0.1) is 34.7 Å². The first-order valence-corrected chi connectivity index (χ1v) is 10.6. The summed E-state index contributed by atoms with van der Waals surface area (Å²) in [6.07, 6.45) is -1.000. The summed E-state index contributed by atoms with van der Waals surface area (Å²) in [7, 11) is 0. The quantitative estimate of drug-likeness (QED) is 0.593. The number of anilines is 1. The monoisotopic (exact) mass is 469 g/mol. The number of benzene rings is 1. The molecule has 0 bridgehead atoms. The Kier molecular flexibility index (Phi) is 6.51. The third kappa shape index (κ3) is 5.02. The van der Waals surface area contributed by atoms with Gasteiger partial charge in [0.2, 0.25) is 5.91 Å². The smallest absolute Gasteiger partial charge is 0.366 e. The lowest BCUT2D eigenvalue weighted by molar-refractivity contribution is -0.137. The number of aromatic nitrogens is 3. The molecule has 1 aliphatic rings. The molecule has 176 valence electrons. The second-order valence-electron chi connectivity index (χ2n) is 8.03. The zero-order chi connectivity index (χ0) is 24.3. The van der Waals surface area contributed by atoms with E-state index in [1.165, 1.54) is 6.07 Å². The van der Waals surface area contributed by atoms with E-state index in [0.29, 0.717) is 37.6 Å². The molecule has 0 saturated carbocycles. The predicted molar refractivity (Wildman–Crippen MR) is 119 cm³/mol. The first-order valence-electron chi connectivity index (χ1n) is 10.6. The number of pyridine rings is 1. The Morgan fingerprint density at radius 2 is 1.97 bits per heavy atom. The van der Waals surface area contributed by atoms with Gasteiger partial charge in [-0.15, -0.1) is 0 Å². The van der Waals surface area contributed by atoms with Crippen LogP contribution in [0, 0.1) is 11.3 Å². The van der Waals surface area contributed by atoms with Crippen molar-refractivity contribution in [2.45, 2.75) is 19.1 Å². The van der Waals surface area contributed by atoms with Crippen LogP contribution in [0.1, 0.15) is 33.5 Å². The molecule has 0 aliphatic carbocycles. The standard InChI is InChI=1S/C23H22F3N7O/c24-23(25,26)18-4-5-20(29-13-18)33-7-1-6-32(8-9-33)14-17-12-30-31-21(17)15-2-3-16(11-27)19(10-15)22(28)34/h2-5,10,12-13H,1,6-9,14H2,(H2,28,34)(H,30,31). The number of nitrogens with zero attached hydrogens (tertiary/aromatic N) is 5. The highest BCUT2D eigenvalue weighted by Gasteiger charge is 2.31. The molecular formula is C23H22F3N7O. The molecule has 4 rings (SSSR count). The number of amides is 1. The Labute approximate surface area is 193 Å². The summed E-state index contributed by atoms with van der Waals surface area (Å²) in [5.74, 6) is -0.153. The second kappa shape index (κ2) is 9.52. The maximum Gasteiger partial charge on any atom is 0.417 e. The van der Waals surface area contributed by atoms with Crippen molar-refractivity contribution in [3.8, 4) is 17.3 Å². The first kappa shape index (κ1) is 23.3. The summed E-state index contributed by atoms with van der Waals surface area (Å²) in [5.41, 5.74) is 7.37. The molecule has 8 nitrogen and oxygen atoms in total. The maximum atomic E-state index is 12.8. The van der Waals surface area contributed by atoms with Gasteiger partial charge in [-0.05, 0) is 30.7 Å². The number of rotatable bonds is 5. The van der Waals surface area contributed by atoms with Gasteiger partial charge in [0, 0.05) is 50.0 Å². The number of hydrogen-bond acceptors (Lipinski definition) is 6. The number of nitrogens with one attached hydrogen (secondary N) is 1. The van der Waals surface area contributed by atoms with Crippen LogP contribution >= 0.6 is 0 Å². The van der Waals surface area contributed by atoms with Gasteiger partial charge in [-0.25, -0.2) is 4.98 Å². The van der Waals surface area contributed by atoms with E-state index in [1.807, 2.05) is 11.0 Å². The molecule has 3 aromatic rings. The van der Waals surface area contributed by atoms with Crippen molar-refractivity contribution in [1.29, 1.82) is 5.26 Å². The van der Waals surface area contributed by atoms with Gasteiger partial charge >= 0.3 is 6.18 Å². The summed E-state index contributed by atoms with van der Waals surface area (Å²) in [4.78, 5) is 20.0. The van der Waals surface area contributed by atoms with E-state index in [9.17, 15) is 23.2 Å². The van der Waals surface area contributed by atoms with Crippen LogP contribution in [0.15, 0.2) is 42.7 Å². The van der Waals surface area contributed by atoms with E-state index in [-0.39, 0.29) is 11.1 Å². The normalized spacial score (nSPS) is 15.1. The fourth-order valence-electron chi connectivity index (χ4n) is 4.02. The van der Waals surface area contributed by atoms with Gasteiger partial charge in [-0.3, -0.25) is 14.8 Å². The van der Waals surface area contributed by atoms with Crippen LogP contribution in [0.2, 0.25) is 0 Å². The Morgan fingerprint density at radius 1 is 1.15 bits per heavy atom. The van der Waals surface area contributed by atoms with Gasteiger partial charge in [0.1, 0.15) is 5.82 Å². The second-order valence-corrected chi connectivity index (χ2v) is 8.03. The molecule has 3 N–H and O–H groups in total. The topological polar surface area (TPSA) is 115 Å². The Morgan fingerprint density at radius 3 is 2.65 bits per heavy atom. The van der Waals surface area contributed by atoms with Crippen molar-refractivity contribution >= 4 is 11.7 Å². The number of carbonyl (C=O) groups excluding carboxylic acids is 1. The molecule has 0 unspecified atom stereocenters. The third-order valence-electron chi connectivity index (χ3n) is 5.79. The number of primary amides is 1. The molecule has 11 heteroatoms. The summed E-state index contributed by atoms with van der Waals surface area (Å²) < 4.78 is 38.4. The van der Waals surface area contributed by atoms with Crippen LogP contribution < -0.4 is 10.6 Å². The SMILES string of the molecule is N#Cc1ccc(-c2[nH]ncc2CN2CCCN(c3ccc(C(F)(F)F)cn3)CC2)cc1C(N)=O. The van der Waals surface area contributed by atoms with Crippen molar-refractivity contribution < 1.29 is 18.0 Å². The largest absolute Gasteiger partial charge is 0.417 e. The molecule has 1 fully saturated rings. The maximum absolute atomic E-state index is 12.8. The Hall–Kier alpha value is -3.91. The molecule has 2 aromatic heterocycles. The van der Waals surface area contributed by atoms with E-state index < -0.39 is 17.6 Å². The molecule has 1 aromatic carbocycles. The zero-order valence-corrected chi connectivity index (χ0v) is 18.1. The van der Waals surface area contributed by atoms with E-state index in [1.54, 1.807) is 24.4 Å². The molecule has 0 radical (unpaired) electrons. The summed E-state index contributed by atoms with van der Waals surface area (Å²) in [6, 6.07) is 9.31. The minimum atomic E-state index is -4.41. The molecule has 0 spiro atoms. The highest BCUT2D eigenvalue weighted by molar-refractivity contribution is 5.96. The van der Waals surface area contributed by atoms with Crippen molar-refractivity contribution in [3.05, 3.63) is 65.0 Å².